The van der Waals surface area contributed by atoms with Gasteiger partial charge in [-0.3, -0.25) is 15.3 Å². The number of halogens is 3. The Kier molecular flexibility index (Phi) is 6.64. The fourth-order valence-corrected chi connectivity index (χ4v) is 1.34. The Bertz CT molecular complexity index is 407. The van der Waals surface area contributed by atoms with Crippen LogP contribution in [-0.2, 0) is 19.1 Å². The molecule has 0 aliphatic rings. The summed E-state index contributed by atoms with van der Waals surface area (Å²) in [5.41, 5.74) is 7.43. The minimum atomic E-state index is -5.33. The first-order valence-corrected chi connectivity index (χ1v) is 6.15. The zero-order valence-corrected chi connectivity index (χ0v) is 11.6. The maximum Gasteiger partial charge on any atom is 0.491 e. The monoisotopic (exact) mass is 335 g/mol. The molecular weight excluding hydrogens is 323 g/mol. The van der Waals surface area contributed by atoms with E-state index in [1.54, 1.807) is 0 Å². The van der Waals surface area contributed by atoms with Gasteiger partial charge in [0.05, 0.1) is 5.75 Å². The second-order valence-corrected chi connectivity index (χ2v) is 4.23. The molecule has 0 spiro atoms. The van der Waals surface area contributed by atoms with Crippen LogP contribution >= 0.6 is 25.3 Å². The van der Waals surface area contributed by atoms with Crippen molar-refractivity contribution < 1.29 is 32.3 Å². The molecule has 0 saturated heterocycles. The van der Waals surface area contributed by atoms with Gasteiger partial charge in [-0.2, -0.15) is 38.4 Å². The number of esters is 1. The van der Waals surface area contributed by atoms with Crippen LogP contribution in [0.3, 0.4) is 0 Å². The molecule has 0 saturated carbocycles. The Balaban J connectivity index is 5.00. The number of nitrogens with one attached hydrogen (secondary N) is 1. The van der Waals surface area contributed by atoms with Crippen molar-refractivity contribution in [2.24, 2.45) is 11.5 Å². The maximum absolute atomic E-state index is 12.1. The van der Waals surface area contributed by atoms with Crippen LogP contribution in [0.25, 0.3) is 0 Å². The minimum Gasteiger partial charge on any atom is -0.427 e. The van der Waals surface area contributed by atoms with Gasteiger partial charge in [0, 0.05) is 5.75 Å². The Labute approximate surface area is 122 Å². The zero-order valence-electron chi connectivity index (χ0n) is 9.81. The molecule has 0 unspecified atom stereocenters. The molecule has 7 nitrogen and oxygen atoms in total. The molecule has 20 heavy (non-hydrogen) atoms. The number of primary amides is 1. The lowest BCUT2D eigenvalue weighted by atomic mass is 10.2. The van der Waals surface area contributed by atoms with E-state index in [2.05, 4.69) is 30.0 Å². The maximum atomic E-state index is 12.1. The van der Waals surface area contributed by atoms with Gasteiger partial charge in [0.15, 0.2) is 0 Å². The number of rotatable bonds is 6. The van der Waals surface area contributed by atoms with Crippen LogP contribution in [0.4, 0.5) is 13.2 Å². The number of carbonyl (C=O) groups excluding carboxylic acids is 3. The van der Waals surface area contributed by atoms with Crippen LogP contribution in [-0.4, -0.2) is 47.2 Å². The van der Waals surface area contributed by atoms with Crippen LogP contribution in [0, 0.1) is 0 Å². The highest BCUT2D eigenvalue weighted by Gasteiger charge is 2.48. The third-order valence-corrected chi connectivity index (χ3v) is 2.79. The molecule has 0 heterocycles. The number of hydrogen-bond donors (Lipinski definition) is 5. The summed E-state index contributed by atoms with van der Waals surface area (Å²) in [6, 6.07) is -1.29. The van der Waals surface area contributed by atoms with E-state index in [9.17, 15) is 27.6 Å². The number of amides is 2. The summed E-state index contributed by atoms with van der Waals surface area (Å²) in [6.07, 6.45) is -5.33. The molecule has 116 valence electrons. The van der Waals surface area contributed by atoms with E-state index in [1.165, 1.54) is 0 Å². The van der Waals surface area contributed by atoms with Crippen molar-refractivity contribution in [3.8, 4) is 0 Å². The molecule has 2 atom stereocenters. The molecule has 2 amide bonds. The molecule has 0 fully saturated rings. The summed E-state index contributed by atoms with van der Waals surface area (Å²) in [5, 5.41) is 1.91. The van der Waals surface area contributed by atoms with Gasteiger partial charge in [0.2, 0.25) is 11.6 Å². The summed E-state index contributed by atoms with van der Waals surface area (Å²) >= 11 is 7.26. The summed E-state index contributed by atoms with van der Waals surface area (Å²) in [5.74, 6) is -5.99. The Hall–Kier alpha value is -1.14. The van der Waals surface area contributed by atoms with E-state index >= 15 is 0 Å². The molecule has 0 rings (SSSR count). The molecule has 12 heteroatoms. The lowest BCUT2D eigenvalue weighted by Crippen LogP contribution is -2.62. The second-order valence-electron chi connectivity index (χ2n) is 3.55. The fraction of sp³-hybridized carbons (Fsp3) is 0.625. The topological polar surface area (TPSA) is 125 Å². The number of ether oxygens (including phenoxy) is 1. The highest BCUT2D eigenvalue weighted by molar-refractivity contribution is 7.80. The van der Waals surface area contributed by atoms with E-state index in [1.807, 2.05) is 5.32 Å². The van der Waals surface area contributed by atoms with E-state index in [4.69, 9.17) is 11.5 Å². The van der Waals surface area contributed by atoms with Gasteiger partial charge in [0.25, 0.3) is 5.91 Å². The van der Waals surface area contributed by atoms with Crippen molar-refractivity contribution in [3.05, 3.63) is 0 Å². The summed E-state index contributed by atoms with van der Waals surface area (Å²) in [4.78, 5) is 33.2. The normalized spacial score (nSPS) is 15.9. The van der Waals surface area contributed by atoms with Gasteiger partial charge in [-0.05, 0) is 0 Å². The predicted octanol–water partition coefficient (Wildman–Crippen LogP) is -1.42. The van der Waals surface area contributed by atoms with Gasteiger partial charge in [-0.1, -0.05) is 0 Å². The smallest absolute Gasteiger partial charge is 0.427 e. The van der Waals surface area contributed by atoms with Gasteiger partial charge >= 0.3 is 12.1 Å². The molecular formula is C8H12F3N3O4S2. The number of carbonyl (C=O) groups is 3. The number of alkyl halides is 3. The van der Waals surface area contributed by atoms with Gasteiger partial charge in [-0.25, -0.2) is 4.79 Å². The first-order chi connectivity index (χ1) is 8.97. The van der Waals surface area contributed by atoms with Crippen molar-refractivity contribution in [1.29, 1.82) is 0 Å². The van der Waals surface area contributed by atoms with Crippen molar-refractivity contribution >= 4 is 43.0 Å². The second kappa shape index (κ2) is 7.04. The van der Waals surface area contributed by atoms with Crippen LogP contribution in [0.5, 0.6) is 0 Å². The molecule has 5 N–H and O–H groups in total. The van der Waals surface area contributed by atoms with E-state index in [0.717, 1.165) is 0 Å². The standard InChI is InChI=1S/C8H12F3N3O4S2/c9-8(10,11)6(17)18-7(13,2-20)5(16)14-3(1-19)4(12)15/h3,19-20H,1-2,13H2,(H2,12,15)(H,14,16)/t3-,7+/m0/s1. The number of nitrogens with two attached hydrogens (primary N) is 2. The molecule has 0 bridgehead atoms. The average molecular weight is 335 g/mol. The van der Waals surface area contributed by atoms with Crippen molar-refractivity contribution in [1.82, 2.24) is 5.32 Å². The molecule has 0 aromatic heterocycles. The van der Waals surface area contributed by atoms with Crippen molar-refractivity contribution in [2.45, 2.75) is 17.9 Å². The van der Waals surface area contributed by atoms with Crippen LogP contribution in [0.2, 0.25) is 0 Å². The first-order valence-electron chi connectivity index (χ1n) is 4.89. The quantitative estimate of drug-likeness (QED) is 0.231. The van der Waals surface area contributed by atoms with Crippen LogP contribution in [0.15, 0.2) is 0 Å². The number of hydrogen-bond acceptors (Lipinski definition) is 7. The first kappa shape index (κ1) is 18.9. The van der Waals surface area contributed by atoms with Gasteiger partial charge < -0.3 is 15.8 Å². The Morgan fingerprint density at radius 3 is 2.05 bits per heavy atom. The summed E-state index contributed by atoms with van der Waals surface area (Å²) in [7, 11) is 0. The van der Waals surface area contributed by atoms with Crippen LogP contribution in [0.1, 0.15) is 0 Å². The van der Waals surface area contributed by atoms with E-state index < -0.39 is 41.5 Å². The predicted molar refractivity (Wildman–Crippen MR) is 67.9 cm³/mol. The molecule has 0 aliphatic heterocycles. The minimum absolute atomic E-state index is 0.225. The van der Waals surface area contributed by atoms with E-state index in [0.29, 0.717) is 0 Å². The number of thiol groups is 2. The zero-order chi connectivity index (χ0) is 16.1. The largest absolute Gasteiger partial charge is 0.491 e. The van der Waals surface area contributed by atoms with Crippen molar-refractivity contribution in [2.75, 3.05) is 11.5 Å². The molecule has 0 aromatic carbocycles. The van der Waals surface area contributed by atoms with Gasteiger partial charge in [-0.15, -0.1) is 0 Å². The summed E-state index contributed by atoms with van der Waals surface area (Å²) in [6.45, 7) is 0. The highest BCUT2D eigenvalue weighted by atomic mass is 32.1. The SMILES string of the molecule is NC(=O)[C@H](CS)NC(=O)[C@@](N)(CS)OC(=O)C(F)(F)F. The third kappa shape index (κ3) is 5.09. The summed E-state index contributed by atoms with van der Waals surface area (Å²) < 4.78 is 40.1. The highest BCUT2D eigenvalue weighted by Crippen LogP contribution is 2.20. The molecule has 0 radical (unpaired) electrons. The van der Waals surface area contributed by atoms with Crippen molar-refractivity contribution in [3.63, 3.8) is 0 Å². The Morgan fingerprint density at radius 1 is 1.25 bits per heavy atom. The lowest BCUT2D eigenvalue weighted by Gasteiger charge is -2.28. The lowest BCUT2D eigenvalue weighted by molar-refractivity contribution is -0.212. The van der Waals surface area contributed by atoms with Crippen LogP contribution < -0.4 is 16.8 Å². The average Bonchev–Trinajstić information content (AvgIpc) is 2.33. The third-order valence-electron chi connectivity index (χ3n) is 1.96. The fourth-order valence-electron chi connectivity index (χ4n) is 0.861. The molecule has 0 aromatic rings. The van der Waals surface area contributed by atoms with E-state index in [-0.39, 0.29) is 5.75 Å². The van der Waals surface area contributed by atoms with Gasteiger partial charge in [0.1, 0.15) is 6.04 Å². The Morgan fingerprint density at radius 2 is 1.75 bits per heavy atom. The molecule has 0 aliphatic carbocycles.